The molecule has 1 amide bonds. The molecule has 10 nitrogen and oxygen atoms in total. The van der Waals surface area contributed by atoms with Crippen molar-refractivity contribution >= 4 is 23.5 Å². The van der Waals surface area contributed by atoms with Crippen molar-refractivity contribution in [2.24, 2.45) is 5.41 Å². The molecule has 4 atom stereocenters. The number of nitrogens with zero attached hydrogens (tertiary/aromatic N) is 1. The van der Waals surface area contributed by atoms with Crippen molar-refractivity contribution in [3.8, 4) is 17.2 Å². The molecule has 40 heavy (non-hydrogen) atoms. The van der Waals surface area contributed by atoms with Crippen molar-refractivity contribution in [2.45, 2.75) is 65.4 Å². The lowest BCUT2D eigenvalue weighted by Crippen LogP contribution is -2.56. The van der Waals surface area contributed by atoms with Crippen LogP contribution in [0.4, 0.5) is 5.69 Å². The molecule has 0 radical (unpaired) electrons. The van der Waals surface area contributed by atoms with E-state index < -0.39 is 42.6 Å². The van der Waals surface area contributed by atoms with E-state index in [9.17, 15) is 14.4 Å². The Labute approximate surface area is 234 Å². The van der Waals surface area contributed by atoms with E-state index in [0.29, 0.717) is 34.1 Å². The number of ether oxygens (including phenoxy) is 6. The molecule has 2 aliphatic heterocycles. The van der Waals surface area contributed by atoms with Crippen molar-refractivity contribution in [3.63, 3.8) is 0 Å². The molecule has 0 fully saturated rings. The Balaban J connectivity index is 1.89. The molecule has 10 heteroatoms. The Morgan fingerprint density at radius 2 is 1.82 bits per heavy atom. The maximum atomic E-state index is 14.3. The third-order valence-electron chi connectivity index (χ3n) is 7.20. The number of hydrogen-bond donors (Lipinski definition) is 0. The fourth-order valence-corrected chi connectivity index (χ4v) is 5.20. The third-order valence-corrected chi connectivity index (χ3v) is 7.20. The van der Waals surface area contributed by atoms with Gasteiger partial charge in [0.15, 0.2) is 17.6 Å². The minimum Gasteiger partial charge on any atom is -0.493 e. The van der Waals surface area contributed by atoms with Crippen LogP contribution in [0.15, 0.2) is 30.3 Å². The second kappa shape index (κ2) is 11.4. The van der Waals surface area contributed by atoms with Crippen LogP contribution in [0.5, 0.6) is 17.2 Å². The number of carbonyl (C=O) groups is 3. The van der Waals surface area contributed by atoms with Gasteiger partial charge in [-0.1, -0.05) is 39.0 Å². The Bertz CT molecular complexity index is 1300. The zero-order chi connectivity index (χ0) is 29.4. The van der Waals surface area contributed by atoms with Gasteiger partial charge in [-0.15, -0.1) is 0 Å². The van der Waals surface area contributed by atoms with Crippen LogP contribution in [-0.2, 0) is 28.6 Å². The number of anilines is 1. The summed E-state index contributed by atoms with van der Waals surface area (Å²) < 4.78 is 34.0. The molecule has 2 heterocycles. The number of hydrogen-bond acceptors (Lipinski definition) is 9. The summed E-state index contributed by atoms with van der Waals surface area (Å²) >= 11 is 0. The van der Waals surface area contributed by atoms with Crippen LogP contribution in [0, 0.1) is 12.3 Å². The van der Waals surface area contributed by atoms with E-state index in [1.54, 1.807) is 18.1 Å². The molecule has 2 aromatic carbocycles. The number of carbonyl (C=O) groups excluding carboxylic acids is 3. The van der Waals surface area contributed by atoms with Gasteiger partial charge < -0.3 is 28.4 Å². The number of para-hydroxylation sites is 1. The molecule has 0 aromatic heterocycles. The average Bonchev–Trinajstić information content (AvgIpc) is 3.02. The Morgan fingerprint density at radius 1 is 1.10 bits per heavy atom. The topological polar surface area (TPSA) is 110 Å². The summed E-state index contributed by atoms with van der Waals surface area (Å²) in [5.41, 5.74) is 2.45. The van der Waals surface area contributed by atoms with Gasteiger partial charge in [0.05, 0.1) is 39.5 Å². The van der Waals surface area contributed by atoms with E-state index in [0.717, 1.165) is 5.56 Å². The van der Waals surface area contributed by atoms with Crippen LogP contribution >= 0.6 is 0 Å². The first kappa shape index (κ1) is 29.2. The van der Waals surface area contributed by atoms with Gasteiger partial charge in [0, 0.05) is 11.1 Å². The summed E-state index contributed by atoms with van der Waals surface area (Å²) in [5.74, 6) is -0.381. The highest BCUT2D eigenvalue weighted by Crippen LogP contribution is 2.51. The van der Waals surface area contributed by atoms with Crippen molar-refractivity contribution in [1.29, 1.82) is 0 Å². The SMILES string of the molecule is COC(=O)C(C)OC(=O)C[C@@H]1O[C@@H](c2cccc(OC)c2OC)c2cc(C)cc3c2N(C1=O)[C@@H](C(C)(C)C)CO3. The van der Waals surface area contributed by atoms with Crippen molar-refractivity contribution in [2.75, 3.05) is 32.8 Å². The van der Waals surface area contributed by atoms with E-state index in [4.69, 9.17) is 23.7 Å². The lowest BCUT2D eigenvalue weighted by atomic mass is 9.84. The second-order valence-electron chi connectivity index (χ2n) is 11.0. The van der Waals surface area contributed by atoms with Crippen LogP contribution in [0.25, 0.3) is 0 Å². The van der Waals surface area contributed by atoms with Crippen LogP contribution in [0.3, 0.4) is 0 Å². The molecular formula is C30H37NO9. The summed E-state index contributed by atoms with van der Waals surface area (Å²) in [7, 11) is 4.28. The van der Waals surface area contributed by atoms with Crippen molar-refractivity contribution < 1.29 is 42.8 Å². The predicted octanol–water partition coefficient (Wildman–Crippen LogP) is 4.14. The first-order valence-electron chi connectivity index (χ1n) is 13.1. The van der Waals surface area contributed by atoms with E-state index in [1.807, 2.05) is 52.0 Å². The fourth-order valence-electron chi connectivity index (χ4n) is 5.20. The zero-order valence-electron chi connectivity index (χ0n) is 24.2. The highest BCUT2D eigenvalue weighted by Gasteiger charge is 2.48. The highest BCUT2D eigenvalue weighted by molar-refractivity contribution is 6.02. The normalized spacial score (nSPS) is 20.9. The molecule has 216 valence electrons. The molecular weight excluding hydrogens is 518 g/mol. The van der Waals surface area contributed by atoms with Crippen molar-refractivity contribution in [1.82, 2.24) is 0 Å². The number of benzene rings is 2. The summed E-state index contributed by atoms with van der Waals surface area (Å²) in [5, 5.41) is 0. The first-order valence-corrected chi connectivity index (χ1v) is 13.1. The molecule has 0 aliphatic carbocycles. The van der Waals surface area contributed by atoms with E-state index >= 15 is 0 Å². The fraction of sp³-hybridized carbons (Fsp3) is 0.500. The first-order chi connectivity index (χ1) is 18.9. The standard InChI is InChI=1S/C30H37NO9/c1-16-12-19-25-21(13-16)38-15-23(30(3,4)5)31(25)28(33)22(14-24(32)39-17(2)29(34)37-8)40-26(19)18-10-9-11-20(35-6)27(18)36-7/h9-13,17,22-23,26H,14-15H2,1-8H3/t17?,22-,23+,26-/m0/s1. The van der Waals surface area contributed by atoms with Gasteiger partial charge in [-0.2, -0.15) is 0 Å². The zero-order valence-corrected chi connectivity index (χ0v) is 24.2. The second-order valence-corrected chi connectivity index (χ2v) is 11.0. The maximum Gasteiger partial charge on any atom is 0.346 e. The molecule has 2 aliphatic rings. The maximum absolute atomic E-state index is 14.3. The molecule has 0 saturated heterocycles. The monoisotopic (exact) mass is 555 g/mol. The number of aryl methyl sites for hydroxylation is 1. The molecule has 0 N–H and O–H groups in total. The molecule has 0 spiro atoms. The molecule has 4 rings (SSSR count). The van der Waals surface area contributed by atoms with Gasteiger partial charge in [0.1, 0.15) is 24.6 Å². The van der Waals surface area contributed by atoms with Gasteiger partial charge in [-0.05, 0) is 37.0 Å². The van der Waals surface area contributed by atoms with Gasteiger partial charge >= 0.3 is 11.9 Å². The van der Waals surface area contributed by atoms with Gasteiger partial charge in [-0.25, -0.2) is 4.79 Å². The Hall–Kier alpha value is -3.79. The predicted molar refractivity (Wildman–Crippen MR) is 146 cm³/mol. The molecule has 0 saturated carbocycles. The van der Waals surface area contributed by atoms with Gasteiger partial charge in [0.25, 0.3) is 5.91 Å². The minimum absolute atomic E-state index is 0.273. The van der Waals surface area contributed by atoms with Crippen LogP contribution in [0.2, 0.25) is 0 Å². The van der Waals surface area contributed by atoms with E-state index in [2.05, 4.69) is 4.74 Å². The molecule has 2 aromatic rings. The number of amides is 1. The summed E-state index contributed by atoms with van der Waals surface area (Å²) in [6, 6.07) is 8.91. The van der Waals surface area contributed by atoms with Gasteiger partial charge in [-0.3, -0.25) is 14.5 Å². The molecule has 1 unspecified atom stereocenters. The Kier molecular flexibility index (Phi) is 8.30. The van der Waals surface area contributed by atoms with Crippen LogP contribution < -0.4 is 19.1 Å². The number of methoxy groups -OCH3 is 3. The van der Waals surface area contributed by atoms with Crippen LogP contribution in [0.1, 0.15) is 56.9 Å². The Morgan fingerprint density at radius 3 is 2.45 bits per heavy atom. The summed E-state index contributed by atoms with van der Waals surface area (Å²) in [4.78, 5) is 40.9. The van der Waals surface area contributed by atoms with E-state index in [-0.39, 0.29) is 18.1 Å². The van der Waals surface area contributed by atoms with Gasteiger partial charge in [0.2, 0.25) is 0 Å². The largest absolute Gasteiger partial charge is 0.493 e. The van der Waals surface area contributed by atoms with Crippen LogP contribution in [-0.4, -0.2) is 64.0 Å². The number of rotatable bonds is 7. The van der Waals surface area contributed by atoms with Crippen molar-refractivity contribution in [3.05, 3.63) is 47.0 Å². The lowest BCUT2D eigenvalue weighted by molar-refractivity contribution is -0.167. The quantitative estimate of drug-likeness (QED) is 0.466. The summed E-state index contributed by atoms with van der Waals surface area (Å²) in [6.45, 7) is 9.71. The minimum atomic E-state index is -1.23. The summed E-state index contributed by atoms with van der Waals surface area (Å²) in [6.07, 6.45) is -3.61. The molecule has 0 bridgehead atoms. The number of esters is 2. The third kappa shape index (κ3) is 5.45. The lowest BCUT2D eigenvalue weighted by Gasteiger charge is -2.44. The highest BCUT2D eigenvalue weighted by atomic mass is 16.6. The van der Waals surface area contributed by atoms with E-state index in [1.165, 1.54) is 21.1 Å². The smallest absolute Gasteiger partial charge is 0.346 e. The average molecular weight is 556 g/mol.